The van der Waals surface area contributed by atoms with Crippen molar-refractivity contribution in [1.82, 2.24) is 5.32 Å². The molecule has 0 radical (unpaired) electrons. The molecule has 0 aliphatic carbocycles. The minimum absolute atomic E-state index is 0.0574. The van der Waals surface area contributed by atoms with E-state index in [4.69, 9.17) is 16.3 Å². The van der Waals surface area contributed by atoms with E-state index in [0.717, 1.165) is 17.7 Å². The molecule has 0 saturated carbocycles. The van der Waals surface area contributed by atoms with Gasteiger partial charge in [0.05, 0.1) is 0 Å². The molecular formula is C14H18ClNO2. The van der Waals surface area contributed by atoms with Crippen molar-refractivity contribution >= 4 is 17.5 Å². The van der Waals surface area contributed by atoms with Crippen molar-refractivity contribution in [3.8, 4) is 5.75 Å². The third kappa shape index (κ3) is 3.16. The quantitative estimate of drug-likeness (QED) is 0.852. The van der Waals surface area contributed by atoms with Gasteiger partial charge < -0.3 is 10.1 Å². The zero-order chi connectivity index (χ0) is 13.1. The molecule has 0 aromatic heterocycles. The van der Waals surface area contributed by atoms with Crippen LogP contribution in [0, 0.1) is 0 Å². The molecule has 0 bridgehead atoms. The predicted octanol–water partition coefficient (Wildman–Crippen LogP) is 2.51. The van der Waals surface area contributed by atoms with Crippen molar-refractivity contribution in [3.05, 3.63) is 29.8 Å². The molecule has 0 fully saturated rings. The average Bonchev–Trinajstić information content (AvgIpc) is 2.71. The summed E-state index contributed by atoms with van der Waals surface area (Å²) in [6.45, 7) is 3.88. The molecule has 3 atom stereocenters. The Hall–Kier alpha value is -1.22. The van der Waals surface area contributed by atoms with Gasteiger partial charge in [0.2, 0.25) is 0 Å². The summed E-state index contributed by atoms with van der Waals surface area (Å²) in [7, 11) is 0. The Morgan fingerprint density at radius 2 is 2.22 bits per heavy atom. The van der Waals surface area contributed by atoms with E-state index < -0.39 is 6.10 Å². The zero-order valence-electron chi connectivity index (χ0n) is 10.7. The monoisotopic (exact) mass is 267 g/mol. The van der Waals surface area contributed by atoms with Crippen molar-refractivity contribution in [2.24, 2.45) is 0 Å². The molecule has 1 heterocycles. The second-order valence-electron chi connectivity index (χ2n) is 4.84. The number of fused-ring (bicyclic) bond motifs is 1. The number of alkyl halides is 1. The largest absolute Gasteiger partial charge is 0.480 e. The molecule has 18 heavy (non-hydrogen) atoms. The number of hydrogen-bond donors (Lipinski definition) is 1. The van der Waals surface area contributed by atoms with Gasteiger partial charge in [-0.15, -0.1) is 11.6 Å². The maximum atomic E-state index is 12.0. The van der Waals surface area contributed by atoms with Crippen LogP contribution < -0.4 is 10.1 Å². The van der Waals surface area contributed by atoms with Crippen LogP contribution in [0.5, 0.6) is 5.75 Å². The van der Waals surface area contributed by atoms with Gasteiger partial charge >= 0.3 is 0 Å². The van der Waals surface area contributed by atoms with Crippen LogP contribution in [0.4, 0.5) is 0 Å². The van der Waals surface area contributed by atoms with Gasteiger partial charge in [0.15, 0.2) is 6.10 Å². The highest BCUT2D eigenvalue weighted by molar-refractivity contribution is 6.20. The van der Waals surface area contributed by atoms with Crippen molar-refractivity contribution in [2.45, 2.75) is 44.2 Å². The van der Waals surface area contributed by atoms with Crippen molar-refractivity contribution in [2.75, 3.05) is 0 Å². The summed E-state index contributed by atoms with van der Waals surface area (Å²) in [4.78, 5) is 12.0. The first-order chi connectivity index (χ1) is 8.56. The minimum atomic E-state index is -0.407. The number of benzene rings is 1. The van der Waals surface area contributed by atoms with E-state index in [1.165, 1.54) is 0 Å². The van der Waals surface area contributed by atoms with Gasteiger partial charge in [0.25, 0.3) is 5.91 Å². The third-order valence-corrected chi connectivity index (χ3v) is 3.18. The van der Waals surface area contributed by atoms with Gasteiger partial charge in [0.1, 0.15) is 5.75 Å². The maximum Gasteiger partial charge on any atom is 0.261 e. The van der Waals surface area contributed by atoms with Crippen LogP contribution in [0.15, 0.2) is 24.3 Å². The predicted molar refractivity (Wildman–Crippen MR) is 72.1 cm³/mol. The number of para-hydroxylation sites is 1. The maximum absolute atomic E-state index is 12.0. The standard InChI is InChI=1S/C14H18ClNO2/c1-9(15)7-10(2)16-14(17)13-8-11-5-3-4-6-12(11)18-13/h3-6,9-10,13H,7-8H2,1-2H3,(H,16,17). The van der Waals surface area contributed by atoms with E-state index in [-0.39, 0.29) is 17.3 Å². The molecule has 1 aliphatic heterocycles. The van der Waals surface area contributed by atoms with Crippen LogP contribution in [0.2, 0.25) is 0 Å². The SMILES string of the molecule is CC(Cl)CC(C)NC(=O)C1Cc2ccccc2O1. The summed E-state index contributed by atoms with van der Waals surface area (Å²) in [5.41, 5.74) is 1.09. The van der Waals surface area contributed by atoms with Gasteiger partial charge in [-0.25, -0.2) is 0 Å². The number of amides is 1. The van der Waals surface area contributed by atoms with E-state index in [9.17, 15) is 4.79 Å². The summed E-state index contributed by atoms with van der Waals surface area (Å²) in [6, 6.07) is 7.83. The zero-order valence-corrected chi connectivity index (χ0v) is 11.4. The van der Waals surface area contributed by atoms with Gasteiger partial charge in [-0.3, -0.25) is 4.79 Å². The lowest BCUT2D eigenvalue weighted by Gasteiger charge is -2.17. The number of halogens is 1. The Kier molecular flexibility index (Phi) is 4.12. The van der Waals surface area contributed by atoms with Crippen molar-refractivity contribution in [1.29, 1.82) is 0 Å². The first-order valence-corrected chi connectivity index (χ1v) is 6.69. The van der Waals surface area contributed by atoms with Crippen LogP contribution in [-0.2, 0) is 11.2 Å². The van der Waals surface area contributed by atoms with Gasteiger partial charge in [-0.1, -0.05) is 18.2 Å². The molecule has 98 valence electrons. The fraction of sp³-hybridized carbons (Fsp3) is 0.500. The normalized spacial score (nSPS) is 20.7. The fourth-order valence-electron chi connectivity index (χ4n) is 2.21. The molecule has 1 N–H and O–H groups in total. The Morgan fingerprint density at radius 1 is 1.50 bits per heavy atom. The summed E-state index contributed by atoms with van der Waals surface area (Å²) < 4.78 is 5.63. The number of hydrogen-bond acceptors (Lipinski definition) is 2. The number of ether oxygens (including phenoxy) is 1. The number of carbonyl (C=O) groups excluding carboxylic acids is 1. The lowest BCUT2D eigenvalue weighted by molar-refractivity contribution is -0.127. The average molecular weight is 268 g/mol. The molecule has 3 nitrogen and oxygen atoms in total. The van der Waals surface area contributed by atoms with E-state index in [1.807, 2.05) is 38.1 Å². The van der Waals surface area contributed by atoms with Gasteiger partial charge in [-0.2, -0.15) is 0 Å². The molecule has 0 spiro atoms. The highest BCUT2D eigenvalue weighted by Gasteiger charge is 2.29. The Labute approximate surface area is 112 Å². The van der Waals surface area contributed by atoms with E-state index in [2.05, 4.69) is 5.32 Å². The fourth-order valence-corrected chi connectivity index (χ4v) is 2.48. The summed E-state index contributed by atoms with van der Waals surface area (Å²) in [6.07, 6.45) is 0.994. The number of carbonyl (C=O) groups is 1. The van der Waals surface area contributed by atoms with Crippen molar-refractivity contribution in [3.63, 3.8) is 0 Å². The van der Waals surface area contributed by atoms with Crippen LogP contribution in [-0.4, -0.2) is 23.4 Å². The third-order valence-electron chi connectivity index (χ3n) is 3.01. The van der Waals surface area contributed by atoms with E-state index in [0.29, 0.717) is 6.42 Å². The van der Waals surface area contributed by atoms with Crippen LogP contribution in [0.3, 0.4) is 0 Å². The Morgan fingerprint density at radius 3 is 2.89 bits per heavy atom. The molecule has 1 amide bonds. The van der Waals surface area contributed by atoms with Gasteiger partial charge in [-0.05, 0) is 31.9 Å². The number of rotatable bonds is 4. The van der Waals surface area contributed by atoms with Crippen molar-refractivity contribution < 1.29 is 9.53 Å². The summed E-state index contributed by atoms with van der Waals surface area (Å²) >= 11 is 5.91. The Bertz CT molecular complexity index is 409. The second-order valence-corrected chi connectivity index (χ2v) is 5.59. The highest BCUT2D eigenvalue weighted by atomic mass is 35.5. The molecule has 0 saturated heterocycles. The molecule has 1 aromatic rings. The first kappa shape index (κ1) is 13.2. The lowest BCUT2D eigenvalue weighted by atomic mass is 10.1. The summed E-state index contributed by atoms with van der Waals surface area (Å²) in [5.74, 6) is 0.757. The van der Waals surface area contributed by atoms with E-state index in [1.54, 1.807) is 0 Å². The van der Waals surface area contributed by atoms with Crippen LogP contribution in [0.25, 0.3) is 0 Å². The van der Waals surface area contributed by atoms with Crippen LogP contribution >= 0.6 is 11.6 Å². The topological polar surface area (TPSA) is 38.3 Å². The first-order valence-electron chi connectivity index (χ1n) is 6.25. The minimum Gasteiger partial charge on any atom is -0.480 e. The smallest absolute Gasteiger partial charge is 0.261 e. The highest BCUT2D eigenvalue weighted by Crippen LogP contribution is 2.28. The summed E-state index contributed by atoms with van der Waals surface area (Å²) in [5, 5.41) is 3.00. The molecule has 3 unspecified atom stereocenters. The van der Waals surface area contributed by atoms with Gasteiger partial charge in [0, 0.05) is 17.8 Å². The molecule has 4 heteroatoms. The Balaban J connectivity index is 1.89. The second kappa shape index (κ2) is 5.61. The van der Waals surface area contributed by atoms with E-state index >= 15 is 0 Å². The molecular weight excluding hydrogens is 250 g/mol. The molecule has 1 aliphatic rings. The van der Waals surface area contributed by atoms with Crippen LogP contribution in [0.1, 0.15) is 25.8 Å². The molecule has 1 aromatic carbocycles. The lowest BCUT2D eigenvalue weighted by Crippen LogP contribution is -2.42. The molecule has 2 rings (SSSR count). The number of nitrogens with one attached hydrogen (secondary N) is 1.